The zero-order valence-corrected chi connectivity index (χ0v) is 12.7. The van der Waals surface area contributed by atoms with Crippen LogP contribution in [0, 0.1) is 0 Å². The van der Waals surface area contributed by atoms with Crippen LogP contribution in [-0.4, -0.2) is 43.4 Å². The van der Waals surface area contributed by atoms with E-state index in [2.05, 4.69) is 45.2 Å². The first-order valence-corrected chi connectivity index (χ1v) is 7.81. The Balaban J connectivity index is 1.49. The molecule has 1 aliphatic heterocycles. The molecule has 6 heteroatoms. The Morgan fingerprint density at radius 1 is 1.23 bits per heavy atom. The lowest BCUT2D eigenvalue weighted by Crippen LogP contribution is -2.34. The summed E-state index contributed by atoms with van der Waals surface area (Å²) in [6, 6.07) is 6.16. The van der Waals surface area contributed by atoms with Crippen molar-refractivity contribution >= 4 is 5.97 Å². The van der Waals surface area contributed by atoms with Crippen LogP contribution in [0.4, 0.5) is 0 Å². The third-order valence-corrected chi connectivity index (χ3v) is 4.08. The van der Waals surface area contributed by atoms with Crippen LogP contribution in [0.5, 0.6) is 0 Å². The molecule has 22 heavy (non-hydrogen) atoms. The molecule has 0 atom stereocenters. The summed E-state index contributed by atoms with van der Waals surface area (Å²) in [7, 11) is 0. The summed E-state index contributed by atoms with van der Waals surface area (Å²) in [4.78, 5) is 13.1. The van der Waals surface area contributed by atoms with Crippen molar-refractivity contribution in [3.05, 3.63) is 42.0 Å². The highest BCUT2D eigenvalue weighted by molar-refractivity contribution is 5.66. The average molecular weight is 302 g/mol. The van der Waals surface area contributed by atoms with Gasteiger partial charge in [0.2, 0.25) is 0 Å². The first-order chi connectivity index (χ1) is 10.7. The Kier molecular flexibility index (Phi) is 4.58. The molecule has 1 N–H and O–H groups in total. The van der Waals surface area contributed by atoms with Crippen LogP contribution in [0.15, 0.2) is 30.6 Å². The Morgan fingerprint density at radius 2 is 2.05 bits per heavy atom. The summed E-state index contributed by atoms with van der Waals surface area (Å²) in [5.41, 5.74) is 2.10. The highest BCUT2D eigenvalue weighted by Gasteiger charge is 2.18. The van der Waals surface area contributed by atoms with Gasteiger partial charge in [-0.3, -0.25) is 14.4 Å². The topological polar surface area (TPSA) is 63.3 Å². The lowest BCUT2D eigenvalue weighted by atomic mass is 10.2. The maximum Gasteiger partial charge on any atom is 0.303 e. The van der Waals surface area contributed by atoms with Crippen LogP contribution in [0.25, 0.3) is 0 Å². The molecule has 0 unspecified atom stereocenters. The highest BCUT2D eigenvalue weighted by Crippen LogP contribution is 2.15. The van der Waals surface area contributed by atoms with Crippen molar-refractivity contribution < 1.29 is 9.90 Å². The lowest BCUT2D eigenvalue weighted by molar-refractivity contribution is -0.136. The summed E-state index contributed by atoms with van der Waals surface area (Å²) < 4.78 is 4.23. The third-order valence-electron chi connectivity index (χ3n) is 4.08. The van der Waals surface area contributed by atoms with Crippen LogP contribution in [0.3, 0.4) is 0 Å². The number of hydrogen-bond donors (Lipinski definition) is 1. The number of aliphatic carboxylic acids is 1. The molecule has 0 radical (unpaired) electrons. The van der Waals surface area contributed by atoms with Crippen molar-refractivity contribution in [3.63, 3.8) is 0 Å². The van der Waals surface area contributed by atoms with Crippen molar-refractivity contribution in [1.82, 2.24) is 19.2 Å². The normalized spacial score (nSPS) is 14.9. The zero-order valence-electron chi connectivity index (χ0n) is 12.7. The van der Waals surface area contributed by atoms with E-state index in [4.69, 9.17) is 5.11 Å². The van der Waals surface area contributed by atoms with Crippen LogP contribution < -0.4 is 0 Å². The number of rotatable bonds is 7. The molecule has 2 aromatic rings. The van der Waals surface area contributed by atoms with E-state index in [0.29, 0.717) is 6.42 Å². The van der Waals surface area contributed by atoms with Gasteiger partial charge in [0.1, 0.15) is 0 Å². The number of aryl methyl sites for hydroxylation is 2. The highest BCUT2D eigenvalue weighted by atomic mass is 16.4. The molecule has 0 fully saturated rings. The first kappa shape index (κ1) is 14.8. The molecule has 0 saturated heterocycles. The number of aromatic nitrogens is 3. The Hall–Kier alpha value is -2.08. The van der Waals surface area contributed by atoms with E-state index in [0.717, 1.165) is 44.8 Å². The maximum absolute atomic E-state index is 10.6. The standard InChI is InChI=1S/C16H22N4O2/c21-16(22)5-4-14-12-15-13-19(10-11-20(15)17-14)9-3-8-18-6-1-2-7-18/h1-2,6-7,12H,3-5,8-11,13H2,(H,21,22). The van der Waals surface area contributed by atoms with Crippen molar-refractivity contribution in [2.24, 2.45) is 0 Å². The van der Waals surface area contributed by atoms with Gasteiger partial charge in [0.25, 0.3) is 0 Å². The molecule has 118 valence electrons. The summed E-state index contributed by atoms with van der Waals surface area (Å²) >= 11 is 0. The van der Waals surface area contributed by atoms with Crippen LogP contribution in [0.1, 0.15) is 24.2 Å². The molecular formula is C16H22N4O2. The predicted molar refractivity (Wildman–Crippen MR) is 82.5 cm³/mol. The lowest BCUT2D eigenvalue weighted by Gasteiger charge is -2.27. The van der Waals surface area contributed by atoms with Gasteiger partial charge in [-0.1, -0.05) is 0 Å². The molecule has 0 spiro atoms. The monoisotopic (exact) mass is 302 g/mol. The number of nitrogens with zero attached hydrogens (tertiary/aromatic N) is 4. The maximum atomic E-state index is 10.6. The van der Waals surface area contributed by atoms with Crippen LogP contribution >= 0.6 is 0 Å². The number of fused-ring (bicyclic) bond motifs is 1. The predicted octanol–water partition coefficient (Wildman–Crippen LogP) is 1.61. The Bertz CT molecular complexity index is 618. The van der Waals surface area contributed by atoms with E-state index in [1.807, 2.05) is 4.68 Å². The number of carbonyl (C=O) groups is 1. The minimum absolute atomic E-state index is 0.150. The Labute approximate surface area is 130 Å². The molecule has 3 rings (SSSR count). The van der Waals surface area contributed by atoms with E-state index >= 15 is 0 Å². The fraction of sp³-hybridized carbons (Fsp3) is 0.500. The van der Waals surface area contributed by atoms with E-state index < -0.39 is 5.97 Å². The van der Waals surface area contributed by atoms with Gasteiger partial charge in [-0.15, -0.1) is 0 Å². The van der Waals surface area contributed by atoms with Crippen LogP contribution in [-0.2, 0) is 30.8 Å². The quantitative estimate of drug-likeness (QED) is 0.844. The number of carboxylic acid groups (broad SMARTS) is 1. The minimum atomic E-state index is -0.766. The SMILES string of the molecule is O=C(O)CCc1cc2n(n1)CCN(CCCn1cccc1)C2. The Morgan fingerprint density at radius 3 is 2.82 bits per heavy atom. The van der Waals surface area contributed by atoms with E-state index in [1.54, 1.807) is 0 Å². The second kappa shape index (κ2) is 6.79. The summed E-state index contributed by atoms with van der Waals surface area (Å²) in [5.74, 6) is -0.766. The number of hydrogen-bond acceptors (Lipinski definition) is 3. The number of carboxylic acids is 1. The van der Waals surface area contributed by atoms with Gasteiger partial charge in [-0.25, -0.2) is 0 Å². The zero-order chi connectivity index (χ0) is 15.4. The smallest absolute Gasteiger partial charge is 0.303 e. The van der Waals surface area contributed by atoms with Gasteiger partial charge < -0.3 is 9.67 Å². The molecule has 0 saturated carbocycles. The van der Waals surface area contributed by atoms with Gasteiger partial charge in [0.05, 0.1) is 24.4 Å². The molecule has 2 aromatic heterocycles. The first-order valence-electron chi connectivity index (χ1n) is 7.81. The fourth-order valence-corrected chi connectivity index (χ4v) is 2.92. The van der Waals surface area contributed by atoms with Crippen molar-refractivity contribution in [1.29, 1.82) is 0 Å². The molecular weight excluding hydrogens is 280 g/mol. The second-order valence-corrected chi connectivity index (χ2v) is 5.79. The van der Waals surface area contributed by atoms with E-state index in [1.165, 1.54) is 5.69 Å². The van der Waals surface area contributed by atoms with E-state index in [9.17, 15) is 4.79 Å². The van der Waals surface area contributed by atoms with Crippen molar-refractivity contribution in [3.8, 4) is 0 Å². The summed E-state index contributed by atoms with van der Waals surface area (Å²) in [6.07, 6.45) is 5.99. The van der Waals surface area contributed by atoms with Crippen molar-refractivity contribution in [2.45, 2.75) is 38.9 Å². The molecule has 3 heterocycles. The molecule has 0 aliphatic carbocycles. The van der Waals surface area contributed by atoms with Gasteiger partial charge in [-0.05, 0) is 24.6 Å². The molecule has 0 bridgehead atoms. The minimum Gasteiger partial charge on any atom is -0.481 e. The van der Waals surface area contributed by atoms with E-state index in [-0.39, 0.29) is 6.42 Å². The van der Waals surface area contributed by atoms with Gasteiger partial charge >= 0.3 is 5.97 Å². The fourth-order valence-electron chi connectivity index (χ4n) is 2.92. The second-order valence-electron chi connectivity index (χ2n) is 5.79. The van der Waals surface area contributed by atoms with Gasteiger partial charge in [0.15, 0.2) is 0 Å². The van der Waals surface area contributed by atoms with Gasteiger partial charge in [0, 0.05) is 45.0 Å². The third kappa shape index (κ3) is 3.76. The van der Waals surface area contributed by atoms with Crippen LogP contribution in [0.2, 0.25) is 0 Å². The average Bonchev–Trinajstić information content (AvgIpc) is 3.13. The largest absolute Gasteiger partial charge is 0.481 e. The van der Waals surface area contributed by atoms with Gasteiger partial charge in [-0.2, -0.15) is 5.10 Å². The molecule has 1 aliphatic rings. The molecule has 0 aromatic carbocycles. The molecule has 0 amide bonds. The summed E-state index contributed by atoms with van der Waals surface area (Å²) in [6.45, 7) is 4.94. The molecule has 6 nitrogen and oxygen atoms in total. The van der Waals surface area contributed by atoms with Crippen molar-refractivity contribution in [2.75, 3.05) is 13.1 Å². The summed E-state index contributed by atoms with van der Waals surface area (Å²) in [5, 5.41) is 13.3.